The number of carbonyl (C=O) groups is 1. The second-order valence-electron chi connectivity index (χ2n) is 3.90. The second kappa shape index (κ2) is 4.90. The van der Waals surface area contributed by atoms with Crippen LogP contribution in [0.5, 0.6) is 0 Å². The Morgan fingerprint density at radius 2 is 2.50 bits per heavy atom. The van der Waals surface area contributed by atoms with Gasteiger partial charge >= 0.3 is 5.97 Å². The maximum atomic E-state index is 10.7. The van der Waals surface area contributed by atoms with Crippen LogP contribution in [0.15, 0.2) is 5.38 Å². The van der Waals surface area contributed by atoms with Gasteiger partial charge in [-0.15, -0.1) is 11.3 Å². The number of aliphatic hydroxyl groups is 1. The van der Waals surface area contributed by atoms with E-state index in [-0.39, 0.29) is 17.7 Å². The minimum Gasteiger partial charge on any atom is -0.476 e. The van der Waals surface area contributed by atoms with Gasteiger partial charge in [0.2, 0.25) is 5.01 Å². The van der Waals surface area contributed by atoms with E-state index in [1.807, 2.05) is 0 Å². The zero-order valence-corrected chi connectivity index (χ0v) is 9.61. The van der Waals surface area contributed by atoms with Crippen LogP contribution in [-0.2, 0) is 6.54 Å². The Labute approximate surface area is 97.4 Å². The number of aromatic carboxylic acids is 1. The van der Waals surface area contributed by atoms with E-state index in [9.17, 15) is 4.79 Å². The number of carboxylic acid groups (broad SMARTS) is 1. The molecule has 1 aromatic rings. The number of aromatic nitrogens is 1. The van der Waals surface area contributed by atoms with Crippen LogP contribution >= 0.6 is 11.3 Å². The highest BCUT2D eigenvalue weighted by Gasteiger charge is 2.24. The number of thiazole rings is 1. The third-order valence-electron chi connectivity index (χ3n) is 2.81. The molecule has 1 unspecified atom stereocenters. The number of hydrogen-bond acceptors (Lipinski definition) is 5. The fraction of sp³-hybridized carbons (Fsp3) is 0.600. The molecule has 1 atom stereocenters. The lowest BCUT2D eigenvalue weighted by Crippen LogP contribution is -2.31. The number of hydrogen-bond donors (Lipinski definition) is 2. The standard InChI is InChI=1S/C10H14N2O3S/c13-5-8-2-1-3-12(8)4-7-6-16-9(11-7)10(14)15/h6,8,13H,1-5H2,(H,14,15). The fourth-order valence-corrected chi connectivity index (χ4v) is 2.64. The van der Waals surface area contributed by atoms with Gasteiger partial charge < -0.3 is 10.2 Å². The van der Waals surface area contributed by atoms with Crippen molar-refractivity contribution in [2.75, 3.05) is 13.2 Å². The summed E-state index contributed by atoms with van der Waals surface area (Å²) in [6.45, 7) is 1.75. The van der Waals surface area contributed by atoms with E-state index >= 15 is 0 Å². The average molecular weight is 242 g/mol. The van der Waals surface area contributed by atoms with Crippen molar-refractivity contribution >= 4 is 17.3 Å². The summed E-state index contributed by atoms with van der Waals surface area (Å²) < 4.78 is 0. The molecule has 5 nitrogen and oxygen atoms in total. The van der Waals surface area contributed by atoms with E-state index in [1.165, 1.54) is 0 Å². The number of likely N-dealkylation sites (tertiary alicyclic amines) is 1. The minimum atomic E-state index is -0.976. The van der Waals surface area contributed by atoms with Gasteiger partial charge in [0.15, 0.2) is 0 Å². The summed E-state index contributed by atoms with van der Waals surface area (Å²) in [5.41, 5.74) is 0.780. The van der Waals surface area contributed by atoms with Crippen molar-refractivity contribution in [3.63, 3.8) is 0 Å². The van der Waals surface area contributed by atoms with Crippen molar-refractivity contribution in [2.24, 2.45) is 0 Å². The lowest BCUT2D eigenvalue weighted by atomic mass is 10.2. The molecule has 6 heteroatoms. The molecule has 0 amide bonds. The minimum absolute atomic E-state index is 0.134. The van der Waals surface area contributed by atoms with Gasteiger partial charge in [-0.05, 0) is 19.4 Å². The summed E-state index contributed by atoms with van der Waals surface area (Å²) in [6, 6.07) is 0.204. The molecule has 1 aromatic heterocycles. The zero-order chi connectivity index (χ0) is 11.5. The topological polar surface area (TPSA) is 73.7 Å². The molecule has 1 aliphatic heterocycles. The van der Waals surface area contributed by atoms with Gasteiger partial charge in [-0.25, -0.2) is 9.78 Å². The van der Waals surface area contributed by atoms with Gasteiger partial charge in [0.25, 0.3) is 0 Å². The first-order chi connectivity index (χ1) is 7.70. The largest absolute Gasteiger partial charge is 0.476 e. The monoisotopic (exact) mass is 242 g/mol. The third-order valence-corrected chi connectivity index (χ3v) is 3.69. The summed E-state index contributed by atoms with van der Waals surface area (Å²) in [7, 11) is 0. The van der Waals surface area contributed by atoms with Crippen molar-refractivity contribution in [1.29, 1.82) is 0 Å². The van der Waals surface area contributed by atoms with Crippen molar-refractivity contribution < 1.29 is 15.0 Å². The van der Waals surface area contributed by atoms with E-state index in [0.29, 0.717) is 6.54 Å². The third kappa shape index (κ3) is 2.40. The molecule has 88 valence electrons. The normalized spacial score (nSPS) is 21.4. The first kappa shape index (κ1) is 11.5. The molecule has 1 aliphatic rings. The Morgan fingerprint density at radius 3 is 3.12 bits per heavy atom. The molecule has 2 heterocycles. The molecule has 0 bridgehead atoms. The molecule has 0 aliphatic carbocycles. The predicted molar refractivity (Wildman–Crippen MR) is 59.6 cm³/mol. The van der Waals surface area contributed by atoms with E-state index in [2.05, 4.69) is 9.88 Å². The average Bonchev–Trinajstić information content (AvgIpc) is 2.87. The van der Waals surface area contributed by atoms with Crippen LogP contribution in [0.2, 0.25) is 0 Å². The summed E-state index contributed by atoms with van der Waals surface area (Å²) in [5.74, 6) is -0.976. The maximum Gasteiger partial charge on any atom is 0.365 e. The second-order valence-corrected chi connectivity index (χ2v) is 4.76. The van der Waals surface area contributed by atoms with Crippen LogP contribution in [0, 0.1) is 0 Å². The number of rotatable bonds is 4. The van der Waals surface area contributed by atoms with Gasteiger partial charge in [0.05, 0.1) is 12.3 Å². The van der Waals surface area contributed by atoms with E-state index in [0.717, 1.165) is 36.4 Å². The van der Waals surface area contributed by atoms with Crippen LogP contribution in [-0.4, -0.2) is 45.3 Å². The molecule has 0 aromatic carbocycles. The number of nitrogens with zero attached hydrogens (tertiary/aromatic N) is 2. The smallest absolute Gasteiger partial charge is 0.365 e. The first-order valence-electron chi connectivity index (χ1n) is 5.23. The highest BCUT2D eigenvalue weighted by molar-refractivity contribution is 7.11. The zero-order valence-electron chi connectivity index (χ0n) is 8.80. The number of aliphatic hydroxyl groups excluding tert-OH is 1. The van der Waals surface area contributed by atoms with Gasteiger partial charge in [0.1, 0.15) is 0 Å². The van der Waals surface area contributed by atoms with Crippen molar-refractivity contribution in [3.05, 3.63) is 16.1 Å². The lowest BCUT2D eigenvalue weighted by molar-refractivity contribution is 0.0696. The predicted octanol–water partition coefficient (Wildman–Crippen LogP) is 0.798. The van der Waals surface area contributed by atoms with Crippen molar-refractivity contribution in [3.8, 4) is 0 Å². The molecule has 0 saturated carbocycles. The van der Waals surface area contributed by atoms with Crippen LogP contribution in [0.25, 0.3) is 0 Å². The summed E-state index contributed by atoms with van der Waals surface area (Å²) in [4.78, 5) is 16.9. The highest BCUT2D eigenvalue weighted by Crippen LogP contribution is 2.20. The fourth-order valence-electron chi connectivity index (χ4n) is 2.00. The molecule has 16 heavy (non-hydrogen) atoms. The SMILES string of the molecule is O=C(O)c1nc(CN2CCCC2CO)cs1. The van der Waals surface area contributed by atoms with E-state index in [1.54, 1.807) is 5.38 Å². The van der Waals surface area contributed by atoms with Crippen LogP contribution in [0.4, 0.5) is 0 Å². The van der Waals surface area contributed by atoms with Gasteiger partial charge in [-0.3, -0.25) is 4.90 Å². The quantitative estimate of drug-likeness (QED) is 0.817. The lowest BCUT2D eigenvalue weighted by Gasteiger charge is -2.21. The maximum absolute atomic E-state index is 10.7. The Kier molecular flexibility index (Phi) is 3.52. The summed E-state index contributed by atoms with van der Waals surface area (Å²) >= 11 is 1.15. The molecular weight excluding hydrogens is 228 g/mol. The Balaban J connectivity index is 2.00. The summed E-state index contributed by atoms with van der Waals surface area (Å²) in [5, 5.41) is 19.8. The highest BCUT2D eigenvalue weighted by atomic mass is 32.1. The Bertz CT molecular complexity index is 380. The van der Waals surface area contributed by atoms with Crippen LogP contribution in [0.3, 0.4) is 0 Å². The Morgan fingerprint density at radius 1 is 1.69 bits per heavy atom. The van der Waals surface area contributed by atoms with Crippen molar-refractivity contribution in [2.45, 2.75) is 25.4 Å². The Hall–Kier alpha value is -0.980. The van der Waals surface area contributed by atoms with Crippen LogP contribution < -0.4 is 0 Å². The summed E-state index contributed by atoms with van der Waals surface area (Å²) in [6.07, 6.45) is 2.09. The van der Waals surface area contributed by atoms with Crippen molar-refractivity contribution in [1.82, 2.24) is 9.88 Å². The molecule has 1 fully saturated rings. The van der Waals surface area contributed by atoms with Gasteiger partial charge in [-0.1, -0.05) is 0 Å². The molecule has 0 spiro atoms. The molecule has 1 saturated heterocycles. The van der Waals surface area contributed by atoms with Crippen LogP contribution in [0.1, 0.15) is 28.3 Å². The molecule has 2 rings (SSSR count). The van der Waals surface area contributed by atoms with Gasteiger partial charge in [-0.2, -0.15) is 0 Å². The first-order valence-corrected chi connectivity index (χ1v) is 6.11. The number of carboxylic acids is 1. The molecule has 2 N–H and O–H groups in total. The van der Waals surface area contributed by atoms with Gasteiger partial charge in [0, 0.05) is 18.0 Å². The van der Waals surface area contributed by atoms with E-state index in [4.69, 9.17) is 10.2 Å². The molecular formula is C10H14N2O3S. The van der Waals surface area contributed by atoms with E-state index < -0.39 is 5.97 Å². The molecule has 0 radical (unpaired) electrons.